The Morgan fingerprint density at radius 3 is 1.11 bits per heavy atom. The molecule has 0 aromatic rings. The second kappa shape index (κ2) is 31.9. The van der Waals surface area contributed by atoms with Crippen molar-refractivity contribution in [2.24, 2.45) is 0 Å². The Hall–Kier alpha value is -2.05. The van der Waals surface area contributed by atoms with Gasteiger partial charge in [0.1, 0.15) is 0 Å². The van der Waals surface area contributed by atoms with E-state index in [1.54, 1.807) is 0 Å². The van der Waals surface area contributed by atoms with Crippen LogP contribution >= 0.6 is 0 Å². The zero-order valence-electron chi connectivity index (χ0n) is 26.9. The van der Waals surface area contributed by atoms with Crippen LogP contribution in [0.2, 0.25) is 0 Å². The molecule has 0 aromatic carbocycles. The number of carbonyl (C=O) groups excluding carboxylic acids is 3. The molecule has 0 bridgehead atoms. The number of nitrogens with one attached hydrogen (secondary N) is 1. The van der Waals surface area contributed by atoms with E-state index >= 15 is 0 Å². The number of amides is 3. The van der Waals surface area contributed by atoms with Crippen molar-refractivity contribution >= 4 is 17.7 Å². The molecule has 45 heavy (non-hydrogen) atoms. The van der Waals surface area contributed by atoms with Crippen LogP contribution in [0, 0.1) is 0 Å². The zero-order valence-corrected chi connectivity index (χ0v) is 26.9. The van der Waals surface area contributed by atoms with Gasteiger partial charge in [-0.1, -0.05) is 6.92 Å². The molecule has 0 saturated carbocycles. The lowest BCUT2D eigenvalue weighted by atomic mass is 10.3. The molecule has 15 heteroatoms. The molecule has 1 heterocycles. The molecule has 0 atom stereocenters. The number of carbonyl (C=O) groups is 3. The van der Waals surface area contributed by atoms with Gasteiger partial charge in [-0.2, -0.15) is 0 Å². The van der Waals surface area contributed by atoms with Crippen LogP contribution in [-0.2, 0) is 61.8 Å². The lowest BCUT2D eigenvalue weighted by molar-refractivity contribution is -0.137. The average molecular weight is 651 g/mol. The molecule has 262 valence electrons. The highest BCUT2D eigenvalue weighted by Gasteiger charge is 2.23. The Kier molecular flexibility index (Phi) is 29.1. The highest BCUT2D eigenvalue weighted by Crippen LogP contribution is 2.03. The molecule has 0 spiro atoms. The minimum absolute atomic E-state index is 0.0553. The monoisotopic (exact) mass is 650 g/mol. The fourth-order valence-corrected chi connectivity index (χ4v) is 3.44. The maximum Gasteiger partial charge on any atom is 0.253 e. The summed E-state index contributed by atoms with van der Waals surface area (Å²) >= 11 is 0. The van der Waals surface area contributed by atoms with Gasteiger partial charge < -0.3 is 52.7 Å². The average Bonchev–Trinajstić information content (AvgIpc) is 3.36. The summed E-state index contributed by atoms with van der Waals surface area (Å²) in [5, 5.41) is 2.68. The number of hydrogen-bond donors (Lipinski definition) is 1. The third-order valence-corrected chi connectivity index (χ3v) is 5.73. The normalized spacial score (nSPS) is 13.0. The smallest absolute Gasteiger partial charge is 0.253 e. The van der Waals surface area contributed by atoms with E-state index in [-0.39, 0.29) is 18.9 Å². The van der Waals surface area contributed by atoms with Crippen LogP contribution in [0.4, 0.5) is 0 Å². The number of rotatable bonds is 35. The summed E-state index contributed by atoms with van der Waals surface area (Å²) in [6.45, 7) is 12.5. The summed E-state index contributed by atoms with van der Waals surface area (Å²) in [6, 6.07) is 0. The fourth-order valence-electron chi connectivity index (χ4n) is 3.44. The highest BCUT2D eigenvalue weighted by atomic mass is 16.6. The maximum atomic E-state index is 11.8. The molecule has 0 fully saturated rings. The molecule has 1 aliphatic heterocycles. The molecule has 0 saturated heterocycles. The Labute approximate surface area is 267 Å². The predicted molar refractivity (Wildman–Crippen MR) is 162 cm³/mol. The standard InChI is InChI=1S/C30H54N2O13/c1-2-8-36-10-12-38-14-16-40-18-20-42-22-24-44-26-27-45-25-23-43-21-19-41-17-15-39-13-11-37-9-6-31-28(33)5-7-32-29(34)3-4-30(32)35/h3-4H,2,5-27H2,1H3,(H,31,33). The summed E-state index contributed by atoms with van der Waals surface area (Å²) in [5.74, 6) is -1.04. The van der Waals surface area contributed by atoms with Gasteiger partial charge in [-0.3, -0.25) is 19.3 Å². The van der Waals surface area contributed by atoms with Gasteiger partial charge in [0.05, 0.1) is 126 Å². The largest absolute Gasteiger partial charge is 0.379 e. The Morgan fingerprint density at radius 1 is 0.511 bits per heavy atom. The number of imide groups is 1. The molecule has 1 N–H and O–H groups in total. The minimum atomic E-state index is -0.395. The van der Waals surface area contributed by atoms with Crippen molar-refractivity contribution in [1.29, 1.82) is 0 Å². The number of hydrogen-bond acceptors (Lipinski definition) is 13. The topological polar surface area (TPSA) is 159 Å². The van der Waals surface area contributed by atoms with Crippen molar-refractivity contribution in [3.05, 3.63) is 12.2 Å². The summed E-state index contributed by atoms with van der Waals surface area (Å²) in [6.07, 6.45) is 3.46. The van der Waals surface area contributed by atoms with Gasteiger partial charge >= 0.3 is 0 Å². The first-order valence-corrected chi connectivity index (χ1v) is 15.7. The molecule has 1 rings (SSSR count). The summed E-state index contributed by atoms with van der Waals surface area (Å²) < 4.78 is 54.2. The van der Waals surface area contributed by atoms with Crippen LogP contribution in [0.5, 0.6) is 0 Å². The van der Waals surface area contributed by atoms with Crippen LogP contribution in [-0.4, -0.2) is 168 Å². The maximum absolute atomic E-state index is 11.8. The molecule has 0 aromatic heterocycles. The fraction of sp³-hybridized carbons (Fsp3) is 0.833. The predicted octanol–water partition coefficient (Wildman–Crippen LogP) is -0.00630. The zero-order chi connectivity index (χ0) is 32.5. The van der Waals surface area contributed by atoms with Crippen molar-refractivity contribution < 1.29 is 61.8 Å². The van der Waals surface area contributed by atoms with E-state index in [9.17, 15) is 14.4 Å². The quantitative estimate of drug-likeness (QED) is 0.0722. The van der Waals surface area contributed by atoms with Crippen molar-refractivity contribution in [3.8, 4) is 0 Å². The van der Waals surface area contributed by atoms with Crippen LogP contribution in [0.15, 0.2) is 12.2 Å². The van der Waals surface area contributed by atoms with E-state index in [1.807, 2.05) is 0 Å². The van der Waals surface area contributed by atoms with Gasteiger partial charge in [-0.15, -0.1) is 0 Å². The number of nitrogens with zero attached hydrogens (tertiary/aromatic N) is 1. The van der Waals surface area contributed by atoms with E-state index in [2.05, 4.69) is 12.2 Å². The highest BCUT2D eigenvalue weighted by molar-refractivity contribution is 6.13. The van der Waals surface area contributed by atoms with Crippen LogP contribution in [0.25, 0.3) is 0 Å². The van der Waals surface area contributed by atoms with Crippen LogP contribution in [0.3, 0.4) is 0 Å². The van der Waals surface area contributed by atoms with Gasteiger partial charge in [0, 0.05) is 38.3 Å². The van der Waals surface area contributed by atoms with Gasteiger partial charge in [0.25, 0.3) is 11.8 Å². The minimum Gasteiger partial charge on any atom is -0.379 e. The van der Waals surface area contributed by atoms with Crippen molar-refractivity contribution in [2.45, 2.75) is 19.8 Å². The van der Waals surface area contributed by atoms with Crippen LogP contribution < -0.4 is 5.32 Å². The lowest BCUT2D eigenvalue weighted by Crippen LogP contribution is -2.35. The van der Waals surface area contributed by atoms with Gasteiger partial charge in [0.2, 0.25) is 5.91 Å². The molecule has 0 radical (unpaired) electrons. The molecule has 1 aliphatic rings. The van der Waals surface area contributed by atoms with Crippen LogP contribution in [0.1, 0.15) is 19.8 Å². The Bertz CT molecular complexity index is 739. The first kappa shape index (κ1) is 41.0. The molecule has 15 nitrogen and oxygen atoms in total. The van der Waals surface area contributed by atoms with E-state index in [4.69, 9.17) is 47.4 Å². The molecule has 0 unspecified atom stereocenters. The summed E-state index contributed by atoms with van der Waals surface area (Å²) in [5.41, 5.74) is 0. The molecule has 3 amide bonds. The van der Waals surface area contributed by atoms with Gasteiger partial charge in [-0.25, -0.2) is 0 Å². The van der Waals surface area contributed by atoms with Crippen molar-refractivity contribution in [1.82, 2.24) is 10.2 Å². The van der Waals surface area contributed by atoms with Crippen molar-refractivity contribution in [3.63, 3.8) is 0 Å². The number of ether oxygens (including phenoxy) is 10. The van der Waals surface area contributed by atoms with E-state index in [0.29, 0.717) is 132 Å². The Balaban J connectivity index is 1.66. The third kappa shape index (κ3) is 26.8. The second-order valence-corrected chi connectivity index (χ2v) is 9.39. The van der Waals surface area contributed by atoms with Crippen molar-refractivity contribution in [2.75, 3.05) is 145 Å². The molecular weight excluding hydrogens is 596 g/mol. The first-order valence-electron chi connectivity index (χ1n) is 15.7. The van der Waals surface area contributed by atoms with Gasteiger partial charge in [-0.05, 0) is 6.42 Å². The molecule has 0 aliphatic carbocycles. The van der Waals surface area contributed by atoms with E-state index in [0.717, 1.165) is 17.9 Å². The van der Waals surface area contributed by atoms with E-state index < -0.39 is 11.8 Å². The third-order valence-electron chi connectivity index (χ3n) is 5.73. The first-order chi connectivity index (χ1) is 22.1. The molecular formula is C30H54N2O13. The summed E-state index contributed by atoms with van der Waals surface area (Å²) in [7, 11) is 0. The Morgan fingerprint density at radius 2 is 0.800 bits per heavy atom. The lowest BCUT2D eigenvalue weighted by Gasteiger charge is -2.13. The van der Waals surface area contributed by atoms with E-state index in [1.165, 1.54) is 12.2 Å². The summed E-state index contributed by atoms with van der Waals surface area (Å²) in [4.78, 5) is 35.7. The van der Waals surface area contributed by atoms with Gasteiger partial charge in [0.15, 0.2) is 0 Å². The SMILES string of the molecule is CCCOCCOCCOCCOCCOCCOCCOCCOCCOCCOCCNC(=O)CCN1C(=O)C=CC1=O. The second-order valence-electron chi connectivity index (χ2n) is 9.39.